The van der Waals surface area contributed by atoms with Crippen LogP contribution in [0.1, 0.15) is 44.2 Å². The lowest BCUT2D eigenvalue weighted by Crippen LogP contribution is -2.67. The molecular weight excluding hydrogens is 356 g/mol. The summed E-state index contributed by atoms with van der Waals surface area (Å²) in [5.41, 5.74) is 1.89. The molecule has 4 heterocycles. The normalized spacial score (nSPS) is 25.1. The first-order valence-electron chi connectivity index (χ1n) is 9.99. The Balaban J connectivity index is 1.70. The largest absolute Gasteiger partial charge is 0.422 e. The van der Waals surface area contributed by atoms with Gasteiger partial charge in [0.05, 0.1) is 6.54 Å². The maximum absolute atomic E-state index is 13.2. The van der Waals surface area contributed by atoms with Crippen LogP contribution >= 0.6 is 0 Å². The summed E-state index contributed by atoms with van der Waals surface area (Å²) in [6.45, 7) is 6.07. The van der Waals surface area contributed by atoms with Gasteiger partial charge >= 0.3 is 11.9 Å². The number of hydrogen-bond donors (Lipinski definition) is 0. The van der Waals surface area contributed by atoms with E-state index in [2.05, 4.69) is 41.1 Å². The third kappa shape index (κ3) is 2.36. The number of aromatic nitrogens is 1. The summed E-state index contributed by atoms with van der Waals surface area (Å²) in [6, 6.07) is 8.13. The smallest absolute Gasteiger partial charge is 0.331 e. The number of ether oxygens (including phenoxy) is 2. The lowest BCUT2D eigenvalue weighted by Gasteiger charge is -2.48. The molecule has 5 rings (SSSR count). The molecule has 28 heavy (non-hydrogen) atoms. The average molecular weight is 381 g/mol. The fourth-order valence-corrected chi connectivity index (χ4v) is 5.05. The van der Waals surface area contributed by atoms with Gasteiger partial charge in [0.25, 0.3) is 11.6 Å². The zero-order valence-corrected chi connectivity index (χ0v) is 16.5. The van der Waals surface area contributed by atoms with Crippen LogP contribution in [0, 0.1) is 12.3 Å². The maximum Gasteiger partial charge on any atom is 0.331 e. The predicted molar refractivity (Wildman–Crippen MR) is 103 cm³/mol. The van der Waals surface area contributed by atoms with Gasteiger partial charge in [-0.25, -0.2) is 4.98 Å². The standard InChI is InChI=1S/C22H24N2O4/c1-13-7-8-16-14(10-13)11-15-12-22(19(25)27-21(2,3)28-20(22)26)17-6-4-5-9-24(17)18(15)23-16/h7-8,10-11,17H,4-6,9,12H2,1-3H3/p+1/t17-/m0/s1. The number of fused-ring (bicyclic) bond motifs is 5. The van der Waals surface area contributed by atoms with Gasteiger partial charge in [0.1, 0.15) is 11.6 Å². The van der Waals surface area contributed by atoms with Gasteiger partial charge in [0.15, 0.2) is 0 Å². The second kappa shape index (κ2) is 5.69. The molecule has 0 bridgehead atoms. The van der Waals surface area contributed by atoms with Crippen LogP contribution in [0.4, 0.5) is 5.82 Å². The molecule has 2 aromatic rings. The van der Waals surface area contributed by atoms with Crippen molar-refractivity contribution in [1.82, 2.24) is 0 Å². The molecule has 6 heteroatoms. The van der Waals surface area contributed by atoms with Gasteiger partial charge in [0, 0.05) is 31.2 Å². The summed E-state index contributed by atoms with van der Waals surface area (Å²) < 4.78 is 11.2. The Morgan fingerprint density at radius 1 is 1.11 bits per heavy atom. The van der Waals surface area contributed by atoms with Gasteiger partial charge in [-0.05, 0) is 44.4 Å². The Kier molecular flexibility index (Phi) is 3.55. The molecule has 3 aliphatic heterocycles. The Labute approximate surface area is 163 Å². The van der Waals surface area contributed by atoms with Gasteiger partial charge in [0.2, 0.25) is 5.41 Å². The predicted octanol–water partition coefficient (Wildman–Crippen LogP) is 2.70. The van der Waals surface area contributed by atoms with Crippen LogP contribution in [0.25, 0.3) is 10.9 Å². The molecule has 0 unspecified atom stereocenters. The molecular formula is C22H25N2O4+. The molecule has 2 fully saturated rings. The molecule has 0 amide bonds. The number of esters is 2. The number of nitrogens with one attached hydrogen (secondary N) is 1. The molecule has 1 aromatic heterocycles. The van der Waals surface area contributed by atoms with Crippen molar-refractivity contribution in [2.24, 2.45) is 5.41 Å². The number of piperidine rings is 1. The summed E-state index contributed by atoms with van der Waals surface area (Å²) in [7, 11) is 0. The van der Waals surface area contributed by atoms with E-state index in [9.17, 15) is 9.59 Å². The molecule has 1 spiro atoms. The SMILES string of the molecule is Cc1ccc2[nH+]c3c(cc2c1)CC1(C(=O)OC(C)(C)OC1=O)[C@@H]1CCCCN31. The molecule has 0 radical (unpaired) electrons. The van der Waals surface area contributed by atoms with Crippen molar-refractivity contribution in [2.45, 2.75) is 58.3 Å². The summed E-state index contributed by atoms with van der Waals surface area (Å²) in [6.07, 6.45) is 3.08. The fourth-order valence-electron chi connectivity index (χ4n) is 5.05. The van der Waals surface area contributed by atoms with Crippen molar-refractivity contribution < 1.29 is 24.0 Å². The second-order valence-electron chi connectivity index (χ2n) is 8.77. The third-order valence-electron chi connectivity index (χ3n) is 6.33. The van der Waals surface area contributed by atoms with Crippen LogP contribution in [-0.4, -0.2) is 30.3 Å². The number of aromatic amines is 1. The molecule has 0 aliphatic carbocycles. The lowest BCUT2D eigenvalue weighted by atomic mass is 9.68. The van der Waals surface area contributed by atoms with Crippen molar-refractivity contribution in [3.8, 4) is 0 Å². The maximum atomic E-state index is 13.2. The van der Waals surface area contributed by atoms with Crippen LogP contribution in [-0.2, 0) is 25.5 Å². The van der Waals surface area contributed by atoms with E-state index in [0.717, 1.165) is 48.1 Å². The minimum Gasteiger partial charge on any atom is -0.422 e. The number of anilines is 1. The quantitative estimate of drug-likeness (QED) is 0.518. The Morgan fingerprint density at radius 2 is 1.86 bits per heavy atom. The molecule has 146 valence electrons. The first kappa shape index (κ1) is 17.5. The summed E-state index contributed by atoms with van der Waals surface area (Å²) >= 11 is 0. The highest BCUT2D eigenvalue weighted by Gasteiger charge is 2.67. The van der Waals surface area contributed by atoms with Gasteiger partial charge in [-0.1, -0.05) is 11.6 Å². The third-order valence-corrected chi connectivity index (χ3v) is 6.33. The second-order valence-corrected chi connectivity index (χ2v) is 8.77. The lowest BCUT2D eigenvalue weighted by molar-refractivity contribution is -0.333. The molecule has 1 N–H and O–H groups in total. The van der Waals surface area contributed by atoms with E-state index in [1.165, 1.54) is 5.56 Å². The zero-order valence-electron chi connectivity index (χ0n) is 16.5. The topological polar surface area (TPSA) is 70.0 Å². The number of pyridine rings is 1. The van der Waals surface area contributed by atoms with Crippen molar-refractivity contribution in [2.75, 3.05) is 11.4 Å². The number of hydrogen-bond acceptors (Lipinski definition) is 5. The Morgan fingerprint density at radius 3 is 2.61 bits per heavy atom. The van der Waals surface area contributed by atoms with Crippen LogP contribution in [0.15, 0.2) is 24.3 Å². The summed E-state index contributed by atoms with van der Waals surface area (Å²) in [5.74, 6) is -1.12. The van der Waals surface area contributed by atoms with E-state index < -0.39 is 23.1 Å². The molecule has 6 nitrogen and oxygen atoms in total. The van der Waals surface area contributed by atoms with Gasteiger partial charge < -0.3 is 9.47 Å². The monoisotopic (exact) mass is 381 g/mol. The summed E-state index contributed by atoms with van der Waals surface area (Å²) in [4.78, 5) is 32.2. The molecule has 2 saturated heterocycles. The molecule has 3 aliphatic rings. The number of benzene rings is 1. The van der Waals surface area contributed by atoms with Crippen LogP contribution < -0.4 is 9.88 Å². The molecule has 1 atom stereocenters. The Hall–Kier alpha value is -2.63. The van der Waals surface area contributed by atoms with E-state index >= 15 is 0 Å². The summed E-state index contributed by atoms with van der Waals surface area (Å²) in [5, 5.41) is 1.07. The van der Waals surface area contributed by atoms with Crippen molar-refractivity contribution in [1.29, 1.82) is 0 Å². The van der Waals surface area contributed by atoms with Crippen molar-refractivity contribution in [3.63, 3.8) is 0 Å². The first-order valence-corrected chi connectivity index (χ1v) is 9.99. The van der Waals surface area contributed by atoms with E-state index in [-0.39, 0.29) is 6.04 Å². The zero-order chi connectivity index (χ0) is 19.7. The minimum atomic E-state index is -1.30. The highest BCUT2D eigenvalue weighted by atomic mass is 16.7. The number of aryl methyl sites for hydroxylation is 1. The van der Waals surface area contributed by atoms with E-state index in [4.69, 9.17) is 9.47 Å². The number of cyclic esters (lactones) is 2. The molecule has 1 aromatic carbocycles. The first-order chi connectivity index (χ1) is 13.3. The highest BCUT2D eigenvalue weighted by Crippen LogP contribution is 2.48. The fraction of sp³-hybridized carbons (Fsp3) is 0.500. The number of nitrogens with zero attached hydrogens (tertiary/aromatic N) is 1. The highest BCUT2D eigenvalue weighted by molar-refractivity contribution is 6.04. The number of carbonyl (C=O) groups is 2. The molecule has 0 saturated carbocycles. The van der Waals surface area contributed by atoms with Gasteiger partial charge in [-0.15, -0.1) is 0 Å². The minimum absolute atomic E-state index is 0.246. The number of H-pyrrole nitrogens is 1. The number of carbonyl (C=O) groups excluding carboxylic acids is 2. The van der Waals surface area contributed by atoms with Crippen LogP contribution in [0.5, 0.6) is 0 Å². The van der Waals surface area contributed by atoms with Gasteiger partial charge in [-0.3, -0.25) is 14.5 Å². The van der Waals surface area contributed by atoms with Gasteiger partial charge in [-0.2, -0.15) is 0 Å². The van der Waals surface area contributed by atoms with E-state index in [0.29, 0.717) is 6.42 Å². The Bertz CT molecular complexity index is 993. The number of rotatable bonds is 0. The van der Waals surface area contributed by atoms with Crippen molar-refractivity contribution >= 4 is 28.7 Å². The van der Waals surface area contributed by atoms with Crippen LogP contribution in [0.2, 0.25) is 0 Å². The van der Waals surface area contributed by atoms with E-state index in [1.807, 2.05) is 0 Å². The van der Waals surface area contributed by atoms with Crippen molar-refractivity contribution in [3.05, 3.63) is 35.4 Å². The van der Waals surface area contributed by atoms with Crippen LogP contribution in [0.3, 0.4) is 0 Å². The van der Waals surface area contributed by atoms with E-state index in [1.54, 1.807) is 13.8 Å². The average Bonchev–Trinajstić information content (AvgIpc) is 2.64.